The molecule has 1 aromatic carbocycles. The fourth-order valence-electron chi connectivity index (χ4n) is 2.48. The van der Waals surface area contributed by atoms with E-state index in [2.05, 4.69) is 31.9 Å². The summed E-state index contributed by atoms with van der Waals surface area (Å²) in [5.74, 6) is 0. The molecule has 1 aromatic heterocycles. The number of alkyl halides is 2. The van der Waals surface area contributed by atoms with Gasteiger partial charge >= 0.3 is 0 Å². The summed E-state index contributed by atoms with van der Waals surface area (Å²) >= 11 is 7.45. The minimum absolute atomic E-state index is 0. The number of halogens is 2. The van der Waals surface area contributed by atoms with Crippen molar-refractivity contribution in [3.05, 3.63) is 35.5 Å². The van der Waals surface area contributed by atoms with E-state index in [1.165, 1.54) is 0 Å². The van der Waals surface area contributed by atoms with Gasteiger partial charge in [0.1, 0.15) is 3.23 Å². The molecule has 0 saturated heterocycles. The lowest BCUT2D eigenvalue weighted by Crippen LogP contribution is -2.21. The summed E-state index contributed by atoms with van der Waals surface area (Å²) in [5, 5.41) is 1.04. The van der Waals surface area contributed by atoms with Crippen molar-refractivity contribution in [3.8, 4) is 0 Å². The molecule has 2 aromatic rings. The highest BCUT2D eigenvalue weighted by atomic mass is 79.9. The monoisotopic (exact) mass is 372 g/mol. The third kappa shape index (κ3) is 2.04. The third-order valence-corrected chi connectivity index (χ3v) is 4.86. The number of para-hydroxylation sites is 1. The zero-order valence-electron chi connectivity index (χ0n) is 9.71. The zero-order chi connectivity index (χ0) is 12.0. The SMILES string of the molecule is Nc1c2c(nc3ccccc13)CCCC2(Br)Br.O. The molecule has 0 aliphatic heterocycles. The molecule has 3 rings (SSSR count). The third-order valence-electron chi connectivity index (χ3n) is 3.28. The highest BCUT2D eigenvalue weighted by Gasteiger charge is 2.34. The van der Waals surface area contributed by atoms with E-state index in [0.29, 0.717) is 0 Å². The van der Waals surface area contributed by atoms with E-state index < -0.39 is 0 Å². The van der Waals surface area contributed by atoms with Crippen LogP contribution in [0.15, 0.2) is 24.3 Å². The van der Waals surface area contributed by atoms with E-state index in [4.69, 9.17) is 10.7 Å². The summed E-state index contributed by atoms with van der Waals surface area (Å²) in [6.45, 7) is 0. The molecule has 0 atom stereocenters. The molecule has 0 spiro atoms. The van der Waals surface area contributed by atoms with Crippen molar-refractivity contribution >= 4 is 48.5 Å². The van der Waals surface area contributed by atoms with Crippen LogP contribution in [0.5, 0.6) is 0 Å². The van der Waals surface area contributed by atoms with Crippen LogP contribution in [0.2, 0.25) is 0 Å². The Bertz CT molecular complexity index is 599. The molecular formula is C13H14Br2N2O. The smallest absolute Gasteiger partial charge is 0.109 e. The number of anilines is 1. The molecule has 0 fully saturated rings. The lowest BCUT2D eigenvalue weighted by atomic mass is 9.92. The Morgan fingerprint density at radius 3 is 2.72 bits per heavy atom. The minimum atomic E-state index is -0.214. The number of pyridine rings is 1. The molecule has 18 heavy (non-hydrogen) atoms. The molecule has 1 aliphatic carbocycles. The average molecular weight is 374 g/mol. The second kappa shape index (κ2) is 4.79. The van der Waals surface area contributed by atoms with E-state index in [1.54, 1.807) is 0 Å². The Morgan fingerprint density at radius 1 is 1.22 bits per heavy atom. The molecule has 0 amide bonds. The summed E-state index contributed by atoms with van der Waals surface area (Å²) in [6.07, 6.45) is 3.15. The van der Waals surface area contributed by atoms with Crippen LogP contribution in [0.1, 0.15) is 24.1 Å². The first kappa shape index (κ1) is 13.8. The molecule has 0 unspecified atom stereocenters. The second-order valence-electron chi connectivity index (χ2n) is 4.42. The van der Waals surface area contributed by atoms with Crippen molar-refractivity contribution in [1.29, 1.82) is 0 Å². The van der Waals surface area contributed by atoms with Crippen molar-refractivity contribution in [2.24, 2.45) is 0 Å². The van der Waals surface area contributed by atoms with E-state index in [-0.39, 0.29) is 8.71 Å². The van der Waals surface area contributed by atoms with Gasteiger partial charge in [-0.3, -0.25) is 4.98 Å². The lowest BCUT2D eigenvalue weighted by molar-refractivity contribution is 0.645. The number of aromatic nitrogens is 1. The van der Waals surface area contributed by atoms with Crippen molar-refractivity contribution in [1.82, 2.24) is 4.98 Å². The van der Waals surface area contributed by atoms with E-state index >= 15 is 0 Å². The largest absolute Gasteiger partial charge is 0.412 e. The number of aryl methyl sites for hydroxylation is 1. The Balaban J connectivity index is 0.00000120. The molecule has 96 valence electrons. The van der Waals surface area contributed by atoms with Gasteiger partial charge in [0.2, 0.25) is 0 Å². The van der Waals surface area contributed by atoms with Crippen LogP contribution in [0, 0.1) is 0 Å². The van der Waals surface area contributed by atoms with Gasteiger partial charge in [-0.1, -0.05) is 50.1 Å². The summed E-state index contributed by atoms with van der Waals surface area (Å²) in [5.41, 5.74) is 10.4. The summed E-state index contributed by atoms with van der Waals surface area (Å²) in [7, 11) is 0. The molecule has 0 bridgehead atoms. The number of nitrogen functional groups attached to an aromatic ring is 1. The van der Waals surface area contributed by atoms with Gasteiger partial charge in [-0.05, 0) is 25.3 Å². The summed E-state index contributed by atoms with van der Waals surface area (Å²) in [4.78, 5) is 4.73. The highest BCUT2D eigenvalue weighted by Crippen LogP contribution is 2.50. The van der Waals surface area contributed by atoms with Crippen molar-refractivity contribution in [2.75, 3.05) is 5.73 Å². The minimum Gasteiger partial charge on any atom is -0.412 e. The van der Waals surface area contributed by atoms with Gasteiger partial charge in [-0.25, -0.2) is 0 Å². The standard InChI is InChI=1S/C13H12Br2N2.H2O/c14-13(15)7-3-6-10-11(13)12(16)8-4-1-2-5-9(8)17-10;/h1-2,4-5H,3,6-7H2,(H2,16,17);1H2. The lowest BCUT2D eigenvalue weighted by Gasteiger charge is -2.30. The fraction of sp³-hybridized carbons (Fsp3) is 0.308. The summed E-state index contributed by atoms with van der Waals surface area (Å²) in [6, 6.07) is 8.05. The van der Waals surface area contributed by atoms with Crippen LogP contribution in [0.25, 0.3) is 10.9 Å². The number of nitrogens with zero attached hydrogens (tertiary/aromatic N) is 1. The maximum Gasteiger partial charge on any atom is 0.109 e. The highest BCUT2D eigenvalue weighted by molar-refractivity contribution is 9.24. The second-order valence-corrected chi connectivity index (χ2v) is 8.19. The number of hydrogen-bond donors (Lipinski definition) is 1. The molecule has 3 nitrogen and oxygen atoms in total. The Morgan fingerprint density at radius 2 is 1.94 bits per heavy atom. The van der Waals surface area contributed by atoms with Gasteiger partial charge in [0.15, 0.2) is 0 Å². The average Bonchev–Trinajstić information content (AvgIpc) is 2.28. The molecule has 0 saturated carbocycles. The number of nitrogens with two attached hydrogens (primary N) is 1. The fourth-order valence-corrected chi connectivity index (χ4v) is 3.93. The van der Waals surface area contributed by atoms with E-state index in [0.717, 1.165) is 47.1 Å². The van der Waals surface area contributed by atoms with Crippen LogP contribution in [0.3, 0.4) is 0 Å². The van der Waals surface area contributed by atoms with Gasteiger partial charge in [0, 0.05) is 22.3 Å². The maximum atomic E-state index is 6.32. The predicted molar refractivity (Wildman–Crippen MR) is 82.2 cm³/mol. The maximum absolute atomic E-state index is 6.32. The number of hydrogen-bond acceptors (Lipinski definition) is 2. The first-order valence-electron chi connectivity index (χ1n) is 5.65. The number of fused-ring (bicyclic) bond motifs is 2. The Hall–Kier alpha value is -0.650. The Kier molecular flexibility index (Phi) is 3.67. The number of rotatable bonds is 0. The van der Waals surface area contributed by atoms with Crippen LogP contribution in [-0.2, 0) is 9.65 Å². The van der Waals surface area contributed by atoms with Crippen LogP contribution >= 0.6 is 31.9 Å². The topological polar surface area (TPSA) is 70.4 Å². The molecule has 4 N–H and O–H groups in total. The van der Waals surface area contributed by atoms with Gasteiger partial charge in [0.25, 0.3) is 0 Å². The van der Waals surface area contributed by atoms with Gasteiger partial charge in [-0.2, -0.15) is 0 Å². The quantitative estimate of drug-likeness (QED) is 0.720. The summed E-state index contributed by atoms with van der Waals surface area (Å²) < 4.78 is -0.214. The zero-order valence-corrected chi connectivity index (χ0v) is 12.9. The number of benzene rings is 1. The normalized spacial score (nSPS) is 17.0. The molecule has 1 aliphatic rings. The van der Waals surface area contributed by atoms with Gasteiger partial charge < -0.3 is 11.2 Å². The van der Waals surface area contributed by atoms with Crippen molar-refractivity contribution in [2.45, 2.75) is 22.5 Å². The molecular weight excluding hydrogens is 360 g/mol. The van der Waals surface area contributed by atoms with Gasteiger partial charge in [-0.15, -0.1) is 0 Å². The van der Waals surface area contributed by atoms with Gasteiger partial charge in [0.05, 0.1) is 5.52 Å². The van der Waals surface area contributed by atoms with Crippen LogP contribution < -0.4 is 5.73 Å². The van der Waals surface area contributed by atoms with Crippen LogP contribution in [-0.4, -0.2) is 10.5 Å². The predicted octanol–water partition coefficient (Wildman–Crippen LogP) is 3.27. The first-order valence-corrected chi connectivity index (χ1v) is 7.23. The van der Waals surface area contributed by atoms with Crippen LogP contribution in [0.4, 0.5) is 5.69 Å². The molecule has 1 heterocycles. The van der Waals surface area contributed by atoms with E-state index in [1.807, 2.05) is 24.3 Å². The Labute approximate surface area is 122 Å². The molecule has 5 heteroatoms. The first-order chi connectivity index (χ1) is 8.09. The van der Waals surface area contributed by atoms with Crippen molar-refractivity contribution < 1.29 is 5.48 Å². The van der Waals surface area contributed by atoms with Crippen molar-refractivity contribution in [3.63, 3.8) is 0 Å². The van der Waals surface area contributed by atoms with E-state index in [9.17, 15) is 0 Å². The molecule has 0 radical (unpaired) electrons.